The zero-order valence-corrected chi connectivity index (χ0v) is 9.69. The van der Waals surface area contributed by atoms with Crippen molar-refractivity contribution < 1.29 is 61.3 Å². The number of halogens is 1. The van der Waals surface area contributed by atoms with Gasteiger partial charge in [0.15, 0.2) is 0 Å². The molecule has 0 unspecified atom stereocenters. The molecule has 0 amide bonds. The van der Waals surface area contributed by atoms with Gasteiger partial charge < -0.3 is 9.90 Å². The second-order valence-electron chi connectivity index (χ2n) is 1.19. The van der Waals surface area contributed by atoms with Crippen LogP contribution in [0.1, 0.15) is 13.3 Å². The van der Waals surface area contributed by atoms with Gasteiger partial charge in [-0.25, -0.2) is 0 Å². The molecule has 2 nitrogen and oxygen atoms in total. The summed E-state index contributed by atoms with van der Waals surface area (Å²) in [5.41, 5.74) is 0. The summed E-state index contributed by atoms with van der Waals surface area (Å²) in [6, 6.07) is 0. The van der Waals surface area contributed by atoms with Gasteiger partial charge in [-0.05, 0) is 6.42 Å². The Morgan fingerprint density at radius 1 is 1.88 bits per heavy atom. The molecule has 0 fully saturated rings. The van der Waals surface area contributed by atoms with Gasteiger partial charge in [0, 0.05) is 0 Å². The smallest absolute Gasteiger partial charge is 0.549 e. The summed E-state index contributed by atoms with van der Waals surface area (Å²) < 4.78 is 0. The maximum absolute atomic E-state index is 9.77. The molecular formula is C4H6BrKO2. The van der Waals surface area contributed by atoms with Gasteiger partial charge in [-0.15, -0.1) is 0 Å². The number of hydrogen-bond acceptors (Lipinski definition) is 2. The van der Waals surface area contributed by atoms with Crippen molar-refractivity contribution in [3.8, 4) is 0 Å². The van der Waals surface area contributed by atoms with E-state index in [0.717, 1.165) is 0 Å². The summed E-state index contributed by atoms with van der Waals surface area (Å²) in [4.78, 5) is 9.29. The van der Waals surface area contributed by atoms with Crippen LogP contribution < -0.4 is 56.5 Å². The first-order valence-corrected chi connectivity index (χ1v) is 2.95. The van der Waals surface area contributed by atoms with Gasteiger partial charge >= 0.3 is 51.4 Å². The number of carbonyl (C=O) groups is 1. The molecule has 4 heteroatoms. The fourth-order valence-corrected chi connectivity index (χ4v) is 0.167. The number of alkyl halides is 1. The fraction of sp³-hybridized carbons (Fsp3) is 0.750. The third-order valence-corrected chi connectivity index (χ3v) is 1.64. The summed E-state index contributed by atoms with van der Waals surface area (Å²) in [5, 5.41) is 9.77. The molecule has 0 aromatic carbocycles. The molecule has 0 bridgehead atoms. The van der Waals surface area contributed by atoms with Crippen LogP contribution in [0.3, 0.4) is 0 Å². The first-order chi connectivity index (χ1) is 3.18. The minimum atomic E-state index is -1.04. The predicted molar refractivity (Wildman–Crippen MR) is 28.0 cm³/mol. The largest absolute Gasteiger partial charge is 1.00 e. The molecular weight excluding hydrogens is 199 g/mol. The zero-order chi connectivity index (χ0) is 5.86. The van der Waals surface area contributed by atoms with Crippen LogP contribution in [0.2, 0.25) is 0 Å². The number of rotatable bonds is 2. The van der Waals surface area contributed by atoms with Crippen LogP contribution in [-0.2, 0) is 4.79 Å². The average Bonchev–Trinajstić information content (AvgIpc) is 1.65. The Labute approximate surface area is 99.6 Å². The number of carbonyl (C=O) groups excluding carboxylic acids is 1. The summed E-state index contributed by atoms with van der Waals surface area (Å²) in [7, 11) is 0. The first kappa shape index (κ1) is 12.3. The van der Waals surface area contributed by atoms with Crippen molar-refractivity contribution in [2.75, 3.05) is 0 Å². The second kappa shape index (κ2) is 6.70. The molecule has 0 aliphatic rings. The average molecular weight is 205 g/mol. The topological polar surface area (TPSA) is 40.1 Å². The zero-order valence-electron chi connectivity index (χ0n) is 4.98. The van der Waals surface area contributed by atoms with Gasteiger partial charge in [-0.1, -0.05) is 22.9 Å². The van der Waals surface area contributed by atoms with Gasteiger partial charge in [0.1, 0.15) is 0 Å². The van der Waals surface area contributed by atoms with Crippen LogP contribution >= 0.6 is 15.9 Å². The third kappa shape index (κ3) is 5.72. The molecule has 0 rings (SSSR count). The Kier molecular flexibility index (Phi) is 10.3. The molecule has 0 aromatic rings. The summed E-state index contributed by atoms with van der Waals surface area (Å²) in [6.07, 6.45) is 0.572. The van der Waals surface area contributed by atoms with Crippen LogP contribution in [0, 0.1) is 0 Å². The van der Waals surface area contributed by atoms with Gasteiger partial charge in [-0.3, -0.25) is 0 Å². The maximum atomic E-state index is 9.77. The van der Waals surface area contributed by atoms with E-state index in [-0.39, 0.29) is 51.4 Å². The molecule has 8 heavy (non-hydrogen) atoms. The van der Waals surface area contributed by atoms with Crippen molar-refractivity contribution >= 4 is 21.9 Å². The van der Waals surface area contributed by atoms with Crippen molar-refractivity contribution in [1.29, 1.82) is 0 Å². The van der Waals surface area contributed by atoms with Crippen molar-refractivity contribution in [1.82, 2.24) is 0 Å². The third-order valence-electron chi connectivity index (χ3n) is 0.614. The molecule has 42 valence electrons. The van der Waals surface area contributed by atoms with Gasteiger partial charge in [-0.2, -0.15) is 0 Å². The Morgan fingerprint density at radius 2 is 2.25 bits per heavy atom. The van der Waals surface area contributed by atoms with Crippen molar-refractivity contribution in [3.63, 3.8) is 0 Å². The van der Waals surface area contributed by atoms with E-state index < -0.39 is 10.8 Å². The van der Waals surface area contributed by atoms with Crippen molar-refractivity contribution in [3.05, 3.63) is 0 Å². The molecule has 0 saturated carbocycles. The molecule has 0 heterocycles. The number of aliphatic carboxylic acids is 1. The molecule has 0 radical (unpaired) electrons. The minimum Gasteiger partial charge on any atom is -0.549 e. The predicted octanol–water partition coefficient (Wildman–Crippen LogP) is -3.09. The quantitative estimate of drug-likeness (QED) is 0.354. The monoisotopic (exact) mass is 204 g/mol. The maximum Gasteiger partial charge on any atom is 1.00 e. The minimum absolute atomic E-state index is 0. The van der Waals surface area contributed by atoms with E-state index in [1.807, 2.05) is 0 Å². The number of carboxylic acid groups (broad SMARTS) is 1. The number of carboxylic acids is 1. The molecule has 0 aliphatic carbocycles. The molecule has 1 atom stereocenters. The first-order valence-electron chi connectivity index (χ1n) is 2.03. The Bertz CT molecular complexity index is 76.4. The summed E-state index contributed by atoms with van der Waals surface area (Å²) in [5.74, 6) is -1.04. The number of hydrogen-bond donors (Lipinski definition) is 0. The molecule has 0 spiro atoms. The van der Waals surface area contributed by atoms with E-state index in [9.17, 15) is 9.90 Å². The second-order valence-corrected chi connectivity index (χ2v) is 2.30. The van der Waals surface area contributed by atoms with Crippen LogP contribution in [0.5, 0.6) is 0 Å². The SMILES string of the molecule is CC[C@@H](Br)C(=O)[O-].[K+]. The normalized spacial score (nSPS) is 11.8. The summed E-state index contributed by atoms with van der Waals surface area (Å²) in [6.45, 7) is 1.77. The standard InChI is InChI=1S/C4H7BrO2.K/c1-2-3(5)4(6)7;/h3H,2H2,1H3,(H,6,7);/q;+1/p-1/t3-;/m1./s1. The van der Waals surface area contributed by atoms with Crippen LogP contribution in [0.25, 0.3) is 0 Å². The fourth-order valence-electron chi connectivity index (χ4n) is 0.167. The van der Waals surface area contributed by atoms with E-state index in [1.54, 1.807) is 6.92 Å². The molecule has 0 N–H and O–H groups in total. The van der Waals surface area contributed by atoms with E-state index in [4.69, 9.17) is 0 Å². The van der Waals surface area contributed by atoms with E-state index >= 15 is 0 Å². The van der Waals surface area contributed by atoms with Gasteiger partial charge in [0.2, 0.25) is 0 Å². The van der Waals surface area contributed by atoms with Crippen LogP contribution in [0.4, 0.5) is 0 Å². The Hall–Kier alpha value is 1.59. The van der Waals surface area contributed by atoms with Crippen molar-refractivity contribution in [2.45, 2.75) is 18.2 Å². The molecule has 0 aliphatic heterocycles. The van der Waals surface area contributed by atoms with E-state index in [2.05, 4.69) is 15.9 Å². The van der Waals surface area contributed by atoms with Gasteiger partial charge in [0.05, 0.1) is 10.8 Å². The van der Waals surface area contributed by atoms with Gasteiger partial charge in [0.25, 0.3) is 0 Å². The van der Waals surface area contributed by atoms with Crippen LogP contribution in [-0.4, -0.2) is 10.8 Å². The Morgan fingerprint density at radius 3 is 2.25 bits per heavy atom. The van der Waals surface area contributed by atoms with E-state index in [1.165, 1.54) is 0 Å². The van der Waals surface area contributed by atoms with Crippen molar-refractivity contribution in [2.24, 2.45) is 0 Å². The van der Waals surface area contributed by atoms with E-state index in [0.29, 0.717) is 6.42 Å². The van der Waals surface area contributed by atoms with Crippen LogP contribution in [0.15, 0.2) is 0 Å². The Balaban J connectivity index is 0. The molecule has 0 aromatic heterocycles. The molecule has 0 saturated heterocycles. The summed E-state index contributed by atoms with van der Waals surface area (Å²) >= 11 is 2.88.